The van der Waals surface area contributed by atoms with E-state index in [2.05, 4.69) is 5.32 Å². The molecule has 6 nitrogen and oxygen atoms in total. The molecule has 0 spiro atoms. The Balaban J connectivity index is 2.09. The molecule has 1 aromatic rings. The number of likely N-dealkylation sites (tertiary alicyclic amines) is 1. The second-order valence-corrected chi connectivity index (χ2v) is 7.02. The first-order valence-electron chi connectivity index (χ1n) is 9.75. The van der Waals surface area contributed by atoms with Gasteiger partial charge in [0.2, 0.25) is 5.91 Å². The van der Waals surface area contributed by atoms with Crippen LogP contribution in [0, 0.1) is 5.92 Å². The highest BCUT2D eigenvalue weighted by Crippen LogP contribution is 2.35. The maximum atomic E-state index is 13.1. The second-order valence-electron chi connectivity index (χ2n) is 7.02. The average Bonchev–Trinajstić information content (AvgIpc) is 2.69. The highest BCUT2D eigenvalue weighted by molar-refractivity contribution is 5.95. The van der Waals surface area contributed by atoms with Crippen LogP contribution in [-0.2, 0) is 20.5 Å². The second kappa shape index (κ2) is 9.96. The van der Waals surface area contributed by atoms with Gasteiger partial charge in [-0.3, -0.25) is 14.5 Å². The van der Waals surface area contributed by atoms with Gasteiger partial charge in [-0.05, 0) is 58.0 Å². The Kier molecular flexibility index (Phi) is 7.89. The van der Waals surface area contributed by atoms with Crippen molar-refractivity contribution in [1.29, 1.82) is 0 Å². The molecule has 1 amide bonds. The summed E-state index contributed by atoms with van der Waals surface area (Å²) in [6, 6.07) is 3.41. The van der Waals surface area contributed by atoms with Crippen LogP contribution in [0.25, 0.3) is 0 Å². The van der Waals surface area contributed by atoms with Crippen LogP contribution in [0.2, 0.25) is 0 Å². The van der Waals surface area contributed by atoms with E-state index in [0.29, 0.717) is 44.7 Å². The van der Waals surface area contributed by atoms with Gasteiger partial charge in [0.15, 0.2) is 0 Å². The van der Waals surface area contributed by atoms with E-state index in [1.165, 1.54) is 13.2 Å². The SMILES string of the molecule is CCN(CC)c1ccc(C(F)(F)F)cc1NC(=O)CN1CCC(C(=O)OC)CC1. The van der Waals surface area contributed by atoms with Crippen LogP contribution in [0.4, 0.5) is 24.5 Å². The minimum atomic E-state index is -4.49. The third-order valence-corrected chi connectivity index (χ3v) is 5.19. The molecule has 1 saturated heterocycles. The van der Waals surface area contributed by atoms with Crippen LogP contribution in [-0.4, -0.2) is 56.6 Å². The molecule has 0 radical (unpaired) electrons. The largest absolute Gasteiger partial charge is 0.469 e. The number of carbonyl (C=O) groups is 2. The average molecular weight is 415 g/mol. The smallest absolute Gasteiger partial charge is 0.416 e. The number of methoxy groups -OCH3 is 1. The molecule has 1 N–H and O–H groups in total. The molecule has 162 valence electrons. The molecule has 0 saturated carbocycles. The van der Waals surface area contributed by atoms with E-state index in [4.69, 9.17) is 4.74 Å². The van der Waals surface area contributed by atoms with Gasteiger partial charge in [0, 0.05) is 13.1 Å². The first-order valence-corrected chi connectivity index (χ1v) is 9.75. The number of hydrogen-bond donors (Lipinski definition) is 1. The Morgan fingerprint density at radius 1 is 1.21 bits per heavy atom. The number of amides is 1. The first-order chi connectivity index (χ1) is 13.7. The fourth-order valence-corrected chi connectivity index (χ4v) is 3.54. The van der Waals surface area contributed by atoms with E-state index in [1.807, 2.05) is 23.6 Å². The number of rotatable bonds is 7. The predicted octanol–water partition coefficient (Wildman–Crippen LogP) is 3.38. The highest BCUT2D eigenvalue weighted by Gasteiger charge is 2.32. The van der Waals surface area contributed by atoms with Gasteiger partial charge in [-0.2, -0.15) is 13.2 Å². The summed E-state index contributed by atoms with van der Waals surface area (Å²) in [6.07, 6.45) is -3.31. The summed E-state index contributed by atoms with van der Waals surface area (Å²) < 4.78 is 44.1. The van der Waals surface area contributed by atoms with Crippen LogP contribution >= 0.6 is 0 Å². The minimum Gasteiger partial charge on any atom is -0.469 e. The lowest BCUT2D eigenvalue weighted by Crippen LogP contribution is -2.41. The van der Waals surface area contributed by atoms with Crippen LogP contribution in [0.5, 0.6) is 0 Å². The van der Waals surface area contributed by atoms with E-state index in [0.717, 1.165) is 12.1 Å². The predicted molar refractivity (Wildman–Crippen MR) is 105 cm³/mol. The molecule has 1 heterocycles. The number of esters is 1. The summed E-state index contributed by atoms with van der Waals surface area (Å²) in [5, 5.41) is 2.65. The number of halogens is 3. The summed E-state index contributed by atoms with van der Waals surface area (Å²) >= 11 is 0. The van der Waals surface area contributed by atoms with Gasteiger partial charge in [0.1, 0.15) is 0 Å². The topological polar surface area (TPSA) is 61.9 Å². The van der Waals surface area contributed by atoms with Gasteiger partial charge >= 0.3 is 12.1 Å². The van der Waals surface area contributed by atoms with Crippen molar-refractivity contribution in [2.75, 3.05) is 50.1 Å². The number of alkyl halides is 3. The Bertz CT molecular complexity index is 713. The fourth-order valence-electron chi connectivity index (χ4n) is 3.54. The van der Waals surface area contributed by atoms with E-state index in [1.54, 1.807) is 0 Å². The summed E-state index contributed by atoms with van der Waals surface area (Å²) in [4.78, 5) is 27.9. The van der Waals surface area contributed by atoms with Crippen molar-refractivity contribution in [1.82, 2.24) is 4.90 Å². The number of anilines is 2. The van der Waals surface area contributed by atoms with Crippen molar-refractivity contribution >= 4 is 23.3 Å². The minimum absolute atomic E-state index is 0.0574. The highest BCUT2D eigenvalue weighted by atomic mass is 19.4. The lowest BCUT2D eigenvalue weighted by molar-refractivity contribution is -0.147. The lowest BCUT2D eigenvalue weighted by Gasteiger charge is -2.30. The molecular weight excluding hydrogens is 387 g/mol. The summed E-state index contributed by atoms with van der Waals surface area (Å²) in [5.74, 6) is -0.798. The standard InChI is InChI=1S/C20H28F3N3O3/c1-4-26(5-2)17-7-6-15(20(21,22)23)12-16(17)24-18(27)13-25-10-8-14(9-11-25)19(28)29-3/h6-7,12,14H,4-5,8-11,13H2,1-3H3,(H,24,27). The zero-order valence-corrected chi connectivity index (χ0v) is 17.0. The van der Waals surface area contributed by atoms with E-state index < -0.39 is 11.7 Å². The summed E-state index contributed by atoms with van der Waals surface area (Å²) in [6.45, 7) is 6.17. The number of piperidine rings is 1. The normalized spacial score (nSPS) is 15.8. The van der Waals surface area contributed by atoms with Gasteiger partial charge in [-0.15, -0.1) is 0 Å². The lowest BCUT2D eigenvalue weighted by atomic mass is 9.97. The molecule has 1 aliphatic rings. The van der Waals surface area contributed by atoms with Crippen LogP contribution in [0.3, 0.4) is 0 Å². The quantitative estimate of drug-likeness (QED) is 0.692. The van der Waals surface area contributed by atoms with E-state index in [9.17, 15) is 22.8 Å². The number of ether oxygens (including phenoxy) is 1. The van der Waals surface area contributed by atoms with Crippen molar-refractivity contribution in [3.63, 3.8) is 0 Å². The van der Waals surface area contributed by atoms with Gasteiger partial charge < -0.3 is 15.0 Å². The number of hydrogen-bond acceptors (Lipinski definition) is 5. The van der Waals surface area contributed by atoms with Crippen molar-refractivity contribution < 1.29 is 27.5 Å². The number of benzene rings is 1. The van der Waals surface area contributed by atoms with Crippen molar-refractivity contribution in [3.05, 3.63) is 23.8 Å². The molecule has 1 aliphatic heterocycles. The molecule has 0 atom stereocenters. The van der Waals surface area contributed by atoms with Crippen LogP contribution in [0.1, 0.15) is 32.3 Å². The molecule has 29 heavy (non-hydrogen) atoms. The zero-order chi connectivity index (χ0) is 21.6. The number of carbonyl (C=O) groups excluding carboxylic acids is 2. The maximum absolute atomic E-state index is 13.1. The molecular formula is C20H28F3N3O3. The molecule has 0 aromatic heterocycles. The van der Waals surface area contributed by atoms with Gasteiger partial charge in [0.05, 0.1) is 36.5 Å². The molecule has 9 heteroatoms. The van der Waals surface area contributed by atoms with Crippen molar-refractivity contribution in [3.8, 4) is 0 Å². The van der Waals surface area contributed by atoms with Crippen molar-refractivity contribution in [2.45, 2.75) is 32.9 Å². The van der Waals surface area contributed by atoms with E-state index >= 15 is 0 Å². The monoisotopic (exact) mass is 415 g/mol. The summed E-state index contributed by atoms with van der Waals surface area (Å²) in [7, 11) is 1.35. The van der Waals surface area contributed by atoms with Gasteiger partial charge in [-0.1, -0.05) is 0 Å². The van der Waals surface area contributed by atoms with Crippen molar-refractivity contribution in [2.24, 2.45) is 5.92 Å². The molecule has 1 aromatic carbocycles. The third kappa shape index (κ3) is 6.09. The molecule has 0 bridgehead atoms. The Hall–Kier alpha value is -2.29. The Morgan fingerprint density at radius 3 is 2.34 bits per heavy atom. The number of nitrogens with one attached hydrogen (secondary N) is 1. The molecule has 1 fully saturated rings. The molecule has 2 rings (SSSR count). The Morgan fingerprint density at radius 2 is 1.83 bits per heavy atom. The summed E-state index contributed by atoms with van der Waals surface area (Å²) in [5.41, 5.74) is -0.0960. The van der Waals surface area contributed by atoms with Gasteiger partial charge in [0.25, 0.3) is 0 Å². The van der Waals surface area contributed by atoms with E-state index in [-0.39, 0.29) is 30.0 Å². The first kappa shape index (κ1) is 23.0. The molecule has 0 aliphatic carbocycles. The van der Waals surface area contributed by atoms with Crippen LogP contribution in [0.15, 0.2) is 18.2 Å². The zero-order valence-electron chi connectivity index (χ0n) is 17.0. The van der Waals surface area contributed by atoms with Gasteiger partial charge in [-0.25, -0.2) is 0 Å². The fraction of sp³-hybridized carbons (Fsp3) is 0.600. The van der Waals surface area contributed by atoms with Crippen LogP contribution < -0.4 is 10.2 Å². The Labute approximate surface area is 169 Å². The third-order valence-electron chi connectivity index (χ3n) is 5.19. The number of nitrogens with zero attached hydrogens (tertiary/aromatic N) is 2. The maximum Gasteiger partial charge on any atom is 0.416 e. The molecule has 0 unspecified atom stereocenters.